The normalized spacial score (nSPS) is 16.0. The number of aryl methyl sites for hydroxylation is 2. The predicted octanol–water partition coefficient (Wildman–Crippen LogP) is 4.77. The van der Waals surface area contributed by atoms with Crippen molar-refractivity contribution in [3.05, 3.63) is 69.9 Å². The van der Waals surface area contributed by atoms with Crippen molar-refractivity contribution in [3.63, 3.8) is 0 Å². The summed E-state index contributed by atoms with van der Waals surface area (Å²) in [6.45, 7) is 3.81. The first-order valence-electron chi connectivity index (χ1n) is 10.2. The molecule has 3 amide bonds. The van der Waals surface area contributed by atoms with E-state index in [2.05, 4.69) is 15.6 Å². The van der Waals surface area contributed by atoms with Gasteiger partial charge in [-0.25, -0.2) is 4.79 Å². The van der Waals surface area contributed by atoms with Crippen molar-refractivity contribution in [2.24, 2.45) is 0 Å². The van der Waals surface area contributed by atoms with Crippen molar-refractivity contribution in [1.29, 1.82) is 0 Å². The average Bonchev–Trinajstić information content (AvgIpc) is 2.75. The second kappa shape index (κ2) is 8.96. The second-order valence-electron chi connectivity index (χ2n) is 7.86. The minimum absolute atomic E-state index is 0.0724. The zero-order valence-corrected chi connectivity index (χ0v) is 18.5. The van der Waals surface area contributed by atoms with Crippen molar-refractivity contribution in [1.82, 2.24) is 10.3 Å². The highest BCUT2D eigenvalue weighted by atomic mass is 35.5. The minimum atomic E-state index is -0.587. The number of carbonyl (C=O) groups is 3. The summed E-state index contributed by atoms with van der Waals surface area (Å²) in [7, 11) is 0. The van der Waals surface area contributed by atoms with Gasteiger partial charge in [0.1, 0.15) is 6.61 Å². The number of pyridine rings is 1. The molecule has 0 bridgehead atoms. The van der Waals surface area contributed by atoms with Gasteiger partial charge in [0.2, 0.25) is 11.8 Å². The highest BCUT2D eigenvalue weighted by Crippen LogP contribution is 2.29. The quantitative estimate of drug-likeness (QED) is 0.556. The smallest absolute Gasteiger partial charge is 0.411 e. The molecule has 4 rings (SSSR count). The maximum Gasteiger partial charge on any atom is 0.411 e. The lowest BCUT2D eigenvalue weighted by atomic mass is 9.88. The van der Waals surface area contributed by atoms with E-state index in [1.165, 1.54) is 0 Å². The number of piperidine rings is 1. The van der Waals surface area contributed by atoms with E-state index >= 15 is 0 Å². The topological polar surface area (TPSA) is 97.4 Å². The van der Waals surface area contributed by atoms with Crippen LogP contribution in [0.2, 0.25) is 5.02 Å². The number of nitrogens with zero attached hydrogens (tertiary/aromatic N) is 1. The molecule has 2 heterocycles. The van der Waals surface area contributed by atoms with E-state index in [1.807, 2.05) is 44.2 Å². The van der Waals surface area contributed by atoms with Gasteiger partial charge in [-0.05, 0) is 67.3 Å². The Balaban J connectivity index is 1.48. The van der Waals surface area contributed by atoms with E-state index in [0.29, 0.717) is 23.6 Å². The number of hydrogen-bond acceptors (Lipinski definition) is 5. The Morgan fingerprint density at radius 3 is 2.75 bits per heavy atom. The van der Waals surface area contributed by atoms with E-state index in [9.17, 15) is 14.4 Å². The van der Waals surface area contributed by atoms with Gasteiger partial charge >= 0.3 is 6.09 Å². The zero-order chi connectivity index (χ0) is 22.8. The van der Waals surface area contributed by atoms with Crippen LogP contribution in [0.5, 0.6) is 0 Å². The van der Waals surface area contributed by atoms with Crippen molar-refractivity contribution in [2.75, 3.05) is 5.32 Å². The summed E-state index contributed by atoms with van der Waals surface area (Å²) in [5, 5.41) is 6.45. The number of amides is 3. The lowest BCUT2D eigenvalue weighted by Gasteiger charge is -2.22. The summed E-state index contributed by atoms with van der Waals surface area (Å²) >= 11 is 6.08. The van der Waals surface area contributed by atoms with Crippen molar-refractivity contribution in [2.45, 2.75) is 39.2 Å². The average molecular weight is 452 g/mol. The fourth-order valence-electron chi connectivity index (χ4n) is 3.74. The second-order valence-corrected chi connectivity index (χ2v) is 8.27. The minimum Gasteiger partial charge on any atom is -0.444 e. The van der Waals surface area contributed by atoms with Gasteiger partial charge in [0.15, 0.2) is 0 Å². The number of fused-ring (bicyclic) bond motifs is 1. The van der Waals surface area contributed by atoms with Gasteiger partial charge in [-0.15, -0.1) is 0 Å². The van der Waals surface area contributed by atoms with Gasteiger partial charge in [-0.1, -0.05) is 23.7 Å². The third-order valence-electron chi connectivity index (χ3n) is 5.51. The van der Waals surface area contributed by atoms with Crippen molar-refractivity contribution in [3.8, 4) is 0 Å². The molecule has 1 atom stereocenters. The number of hydrogen-bond donors (Lipinski definition) is 2. The van der Waals surface area contributed by atoms with E-state index in [1.54, 1.807) is 12.1 Å². The third kappa shape index (κ3) is 4.73. The van der Waals surface area contributed by atoms with Gasteiger partial charge in [-0.2, -0.15) is 0 Å². The molecule has 0 spiro atoms. The van der Waals surface area contributed by atoms with E-state index in [-0.39, 0.29) is 18.4 Å². The number of aromatic nitrogens is 1. The lowest BCUT2D eigenvalue weighted by Crippen LogP contribution is -2.39. The Labute approximate surface area is 190 Å². The SMILES string of the molecule is Cc1ccc(NC(=O)OCc2ccc3nc(C)c(C4CCC(=O)NC4=O)cc3c2)cc1Cl. The number of carbonyl (C=O) groups excluding carboxylic acids is 3. The molecule has 3 aromatic rings. The van der Waals surface area contributed by atoms with Crippen molar-refractivity contribution >= 4 is 46.1 Å². The number of halogens is 1. The van der Waals surface area contributed by atoms with Crippen LogP contribution in [0.1, 0.15) is 41.1 Å². The predicted molar refractivity (Wildman–Crippen MR) is 122 cm³/mol. The van der Waals surface area contributed by atoms with Crippen LogP contribution in [0.15, 0.2) is 42.5 Å². The molecule has 1 aromatic heterocycles. The number of benzene rings is 2. The van der Waals surface area contributed by atoms with Crippen LogP contribution in [0.4, 0.5) is 10.5 Å². The molecule has 1 saturated heterocycles. The number of nitrogens with one attached hydrogen (secondary N) is 2. The standard InChI is InChI=1S/C24H22ClN3O4/c1-13-3-5-17(11-20(13)25)27-24(31)32-12-15-4-7-21-16(9-15)10-19(14(2)26-21)18-6-8-22(29)28-23(18)30/h3-5,7,9-11,18H,6,8,12H2,1-2H3,(H,27,31)(H,28,29,30). The molecule has 1 fully saturated rings. The molecule has 1 aliphatic rings. The summed E-state index contributed by atoms with van der Waals surface area (Å²) in [4.78, 5) is 40.5. The fraction of sp³-hybridized carbons (Fsp3) is 0.250. The summed E-state index contributed by atoms with van der Waals surface area (Å²) in [5.74, 6) is -0.947. The van der Waals surface area contributed by atoms with Gasteiger partial charge < -0.3 is 4.74 Å². The first-order chi connectivity index (χ1) is 15.3. The monoisotopic (exact) mass is 451 g/mol. The molecule has 0 saturated carbocycles. The van der Waals surface area contributed by atoms with E-state index < -0.39 is 12.0 Å². The Kier molecular flexibility index (Phi) is 6.10. The van der Waals surface area contributed by atoms with Gasteiger partial charge in [0.05, 0.1) is 11.4 Å². The van der Waals surface area contributed by atoms with Gasteiger partial charge in [-0.3, -0.25) is 25.2 Å². The number of imide groups is 1. The summed E-state index contributed by atoms with van der Waals surface area (Å²) < 4.78 is 5.34. The van der Waals surface area contributed by atoms with Crippen LogP contribution < -0.4 is 10.6 Å². The lowest BCUT2D eigenvalue weighted by molar-refractivity contribution is -0.134. The van der Waals surface area contributed by atoms with E-state index in [0.717, 1.165) is 33.3 Å². The Morgan fingerprint density at radius 1 is 1.19 bits per heavy atom. The van der Waals surface area contributed by atoms with Crippen LogP contribution in [-0.2, 0) is 20.9 Å². The number of anilines is 1. The first-order valence-corrected chi connectivity index (χ1v) is 10.6. The molecule has 1 aliphatic heterocycles. The highest BCUT2D eigenvalue weighted by molar-refractivity contribution is 6.31. The zero-order valence-electron chi connectivity index (χ0n) is 17.7. The maximum absolute atomic E-state index is 12.3. The fourth-order valence-corrected chi connectivity index (χ4v) is 3.93. The molecule has 2 aromatic carbocycles. The molecule has 0 aliphatic carbocycles. The Morgan fingerprint density at radius 2 is 2.00 bits per heavy atom. The van der Waals surface area contributed by atoms with Gasteiger partial charge in [0, 0.05) is 28.2 Å². The van der Waals surface area contributed by atoms with Crippen molar-refractivity contribution < 1.29 is 19.1 Å². The molecule has 0 radical (unpaired) electrons. The Bertz CT molecular complexity index is 1240. The van der Waals surface area contributed by atoms with Gasteiger partial charge in [0.25, 0.3) is 0 Å². The van der Waals surface area contributed by atoms with Crippen LogP contribution in [0.25, 0.3) is 10.9 Å². The highest BCUT2D eigenvalue weighted by Gasteiger charge is 2.29. The molecule has 8 heteroatoms. The Hall–Kier alpha value is -3.45. The largest absolute Gasteiger partial charge is 0.444 e. The summed E-state index contributed by atoms with van der Waals surface area (Å²) in [6, 6.07) is 12.7. The van der Waals surface area contributed by atoms with Crippen LogP contribution in [0, 0.1) is 13.8 Å². The third-order valence-corrected chi connectivity index (χ3v) is 5.92. The number of ether oxygens (including phenoxy) is 1. The summed E-state index contributed by atoms with van der Waals surface area (Å²) in [5.41, 5.74) is 4.59. The summed E-state index contributed by atoms with van der Waals surface area (Å²) in [6.07, 6.45) is 0.185. The molecule has 164 valence electrons. The first kappa shape index (κ1) is 21.8. The van der Waals surface area contributed by atoms with Crippen LogP contribution in [-0.4, -0.2) is 22.9 Å². The molecular formula is C24H22ClN3O4. The van der Waals surface area contributed by atoms with E-state index in [4.69, 9.17) is 16.3 Å². The molecule has 7 nitrogen and oxygen atoms in total. The maximum atomic E-state index is 12.3. The van der Waals surface area contributed by atoms with Crippen LogP contribution in [0.3, 0.4) is 0 Å². The molecule has 32 heavy (non-hydrogen) atoms. The number of rotatable bonds is 4. The van der Waals surface area contributed by atoms with Crippen LogP contribution >= 0.6 is 11.6 Å². The molecular weight excluding hydrogens is 430 g/mol. The molecule has 2 N–H and O–H groups in total. The molecule has 1 unspecified atom stereocenters.